The molecule has 0 aliphatic heterocycles. The molecule has 130 valence electrons. The normalized spacial score (nSPS) is 10.8. The average molecular weight is 431 g/mol. The van der Waals surface area contributed by atoms with Gasteiger partial charge in [-0.05, 0) is 41.5 Å². The Morgan fingerprint density at radius 1 is 1.29 bits per heavy atom. The van der Waals surface area contributed by atoms with Gasteiger partial charge in [-0.25, -0.2) is 4.98 Å². The van der Waals surface area contributed by atoms with Crippen LogP contribution in [0.4, 0.5) is 0 Å². The fourth-order valence-electron chi connectivity index (χ4n) is 1.98. The molecule has 6 nitrogen and oxygen atoms in total. The van der Waals surface area contributed by atoms with Crippen molar-refractivity contribution >= 4 is 50.4 Å². The highest BCUT2D eigenvalue weighted by atomic mass is 79.9. The number of rotatable bonds is 7. The van der Waals surface area contributed by atoms with Gasteiger partial charge in [0.25, 0.3) is 5.91 Å². The molecular formula is C15H19BrN4O2S2. The number of hydrazine groups is 1. The van der Waals surface area contributed by atoms with E-state index in [1.807, 2.05) is 36.3 Å². The number of thiophene rings is 1. The van der Waals surface area contributed by atoms with Crippen LogP contribution in [0.3, 0.4) is 0 Å². The zero-order chi connectivity index (χ0) is 17.5. The number of thiazole rings is 1. The van der Waals surface area contributed by atoms with Crippen molar-refractivity contribution in [1.82, 2.24) is 20.7 Å². The molecule has 2 rings (SSSR count). The quantitative estimate of drug-likeness (QED) is 0.661. The van der Waals surface area contributed by atoms with Gasteiger partial charge in [-0.3, -0.25) is 25.3 Å². The second-order valence-electron chi connectivity index (χ2n) is 5.16. The van der Waals surface area contributed by atoms with Crippen LogP contribution in [0, 0.1) is 6.92 Å². The van der Waals surface area contributed by atoms with Crippen LogP contribution in [-0.4, -0.2) is 34.8 Å². The molecular weight excluding hydrogens is 412 g/mol. The summed E-state index contributed by atoms with van der Waals surface area (Å²) in [4.78, 5) is 31.2. The van der Waals surface area contributed by atoms with Gasteiger partial charge in [-0.2, -0.15) is 0 Å². The third-order valence-corrected chi connectivity index (χ3v) is 5.72. The van der Waals surface area contributed by atoms with E-state index in [4.69, 9.17) is 0 Å². The van der Waals surface area contributed by atoms with E-state index in [1.54, 1.807) is 11.3 Å². The largest absolute Gasteiger partial charge is 0.290 e. The SMILES string of the molecule is CCN(CC(=O)NNC(=O)Cc1nc(C)cs1)Cc1ccc(Br)s1. The van der Waals surface area contributed by atoms with Crippen molar-refractivity contribution in [2.75, 3.05) is 13.1 Å². The molecule has 0 fully saturated rings. The highest BCUT2D eigenvalue weighted by Gasteiger charge is 2.12. The van der Waals surface area contributed by atoms with Gasteiger partial charge in [0.05, 0.1) is 16.8 Å². The Kier molecular flexibility index (Phi) is 7.35. The van der Waals surface area contributed by atoms with E-state index < -0.39 is 0 Å². The maximum absolute atomic E-state index is 12.0. The predicted molar refractivity (Wildman–Crippen MR) is 99.8 cm³/mol. The molecule has 0 radical (unpaired) electrons. The standard InChI is InChI=1S/C15H19BrN4O2S2/c1-3-20(7-11-4-5-12(16)24-11)8-14(22)19-18-13(21)6-15-17-10(2)9-23-15/h4-5,9H,3,6-8H2,1-2H3,(H,18,21)(H,19,22). The number of carbonyl (C=O) groups is 2. The number of aryl methyl sites for hydroxylation is 1. The number of aromatic nitrogens is 1. The first-order chi connectivity index (χ1) is 11.5. The van der Waals surface area contributed by atoms with E-state index in [2.05, 4.69) is 31.8 Å². The van der Waals surface area contributed by atoms with Gasteiger partial charge in [0.15, 0.2) is 0 Å². The minimum absolute atomic E-state index is 0.166. The van der Waals surface area contributed by atoms with Crippen molar-refractivity contribution in [2.24, 2.45) is 0 Å². The number of likely N-dealkylation sites (N-methyl/N-ethyl adjacent to an activating group) is 1. The van der Waals surface area contributed by atoms with E-state index in [0.29, 0.717) is 6.54 Å². The van der Waals surface area contributed by atoms with Crippen LogP contribution in [0.1, 0.15) is 22.5 Å². The van der Waals surface area contributed by atoms with Crippen molar-refractivity contribution in [3.05, 3.63) is 36.9 Å². The number of halogens is 1. The Morgan fingerprint density at radius 3 is 2.62 bits per heavy atom. The van der Waals surface area contributed by atoms with Crippen LogP contribution < -0.4 is 10.9 Å². The van der Waals surface area contributed by atoms with E-state index in [0.717, 1.165) is 21.0 Å². The highest BCUT2D eigenvalue weighted by Crippen LogP contribution is 2.23. The molecule has 0 aliphatic rings. The second-order valence-corrected chi connectivity index (χ2v) is 8.66. The number of hydrogen-bond donors (Lipinski definition) is 2. The number of amides is 2. The monoisotopic (exact) mass is 430 g/mol. The summed E-state index contributed by atoms with van der Waals surface area (Å²) < 4.78 is 1.07. The minimum atomic E-state index is -0.275. The van der Waals surface area contributed by atoms with Crippen LogP contribution in [0.2, 0.25) is 0 Å². The van der Waals surface area contributed by atoms with Gasteiger partial charge in [-0.15, -0.1) is 22.7 Å². The lowest BCUT2D eigenvalue weighted by molar-refractivity contribution is -0.129. The third-order valence-electron chi connectivity index (χ3n) is 3.14. The van der Waals surface area contributed by atoms with Crippen molar-refractivity contribution in [3.63, 3.8) is 0 Å². The summed E-state index contributed by atoms with van der Waals surface area (Å²) in [6.07, 6.45) is 0.166. The molecule has 24 heavy (non-hydrogen) atoms. The molecule has 0 bridgehead atoms. The van der Waals surface area contributed by atoms with Gasteiger partial charge < -0.3 is 0 Å². The summed E-state index contributed by atoms with van der Waals surface area (Å²) in [5.74, 6) is -0.515. The topological polar surface area (TPSA) is 74.3 Å². The summed E-state index contributed by atoms with van der Waals surface area (Å²) in [7, 11) is 0. The fraction of sp³-hybridized carbons (Fsp3) is 0.400. The van der Waals surface area contributed by atoms with Crippen molar-refractivity contribution in [3.8, 4) is 0 Å². The summed E-state index contributed by atoms with van der Waals surface area (Å²) in [6, 6.07) is 4.03. The Bertz CT molecular complexity index is 701. The van der Waals surface area contributed by atoms with E-state index >= 15 is 0 Å². The Morgan fingerprint density at radius 2 is 2.04 bits per heavy atom. The zero-order valence-electron chi connectivity index (χ0n) is 13.5. The van der Waals surface area contributed by atoms with E-state index in [9.17, 15) is 9.59 Å². The lowest BCUT2D eigenvalue weighted by atomic mass is 10.4. The smallest absolute Gasteiger partial charge is 0.252 e. The predicted octanol–water partition coefficient (Wildman–Crippen LogP) is 2.49. The highest BCUT2D eigenvalue weighted by molar-refractivity contribution is 9.11. The number of nitrogens with zero attached hydrogens (tertiary/aromatic N) is 2. The van der Waals surface area contributed by atoms with Crippen LogP contribution in [0.25, 0.3) is 0 Å². The molecule has 2 N–H and O–H groups in total. The molecule has 0 atom stereocenters. The molecule has 0 spiro atoms. The Labute approximate surface area is 157 Å². The minimum Gasteiger partial charge on any atom is -0.290 e. The molecule has 2 aromatic rings. The molecule has 0 saturated heterocycles. The number of carbonyl (C=O) groups excluding carboxylic acids is 2. The van der Waals surface area contributed by atoms with Crippen molar-refractivity contribution in [2.45, 2.75) is 26.8 Å². The molecule has 0 unspecified atom stereocenters. The molecule has 9 heteroatoms. The Balaban J connectivity index is 1.73. The summed E-state index contributed by atoms with van der Waals surface area (Å²) in [5, 5.41) is 2.63. The molecule has 0 aliphatic carbocycles. The van der Waals surface area contributed by atoms with Crippen molar-refractivity contribution in [1.29, 1.82) is 0 Å². The van der Waals surface area contributed by atoms with Gasteiger partial charge in [0.1, 0.15) is 5.01 Å². The Hall–Kier alpha value is -1.29. The third kappa shape index (κ3) is 6.31. The van der Waals surface area contributed by atoms with Gasteiger partial charge in [0.2, 0.25) is 5.91 Å². The first-order valence-corrected chi connectivity index (χ1v) is 9.90. The van der Waals surface area contributed by atoms with Crippen LogP contribution in [-0.2, 0) is 22.6 Å². The van der Waals surface area contributed by atoms with Gasteiger partial charge in [-0.1, -0.05) is 6.92 Å². The van der Waals surface area contributed by atoms with E-state index in [-0.39, 0.29) is 24.8 Å². The van der Waals surface area contributed by atoms with Gasteiger partial charge >= 0.3 is 0 Å². The first-order valence-electron chi connectivity index (χ1n) is 7.41. The molecule has 0 aromatic carbocycles. The maximum atomic E-state index is 12.0. The van der Waals surface area contributed by atoms with Crippen LogP contribution in [0.5, 0.6) is 0 Å². The van der Waals surface area contributed by atoms with Crippen LogP contribution >= 0.6 is 38.6 Å². The average Bonchev–Trinajstić information content (AvgIpc) is 3.13. The first kappa shape index (κ1) is 19.0. The van der Waals surface area contributed by atoms with Crippen LogP contribution in [0.15, 0.2) is 21.3 Å². The lowest BCUT2D eigenvalue weighted by Gasteiger charge is -2.19. The van der Waals surface area contributed by atoms with Crippen molar-refractivity contribution < 1.29 is 9.59 Å². The van der Waals surface area contributed by atoms with E-state index in [1.165, 1.54) is 16.2 Å². The second kappa shape index (κ2) is 9.26. The molecule has 2 aromatic heterocycles. The summed E-state index contributed by atoms with van der Waals surface area (Å²) in [5.41, 5.74) is 5.78. The molecule has 2 amide bonds. The maximum Gasteiger partial charge on any atom is 0.252 e. The summed E-state index contributed by atoms with van der Waals surface area (Å²) >= 11 is 6.52. The fourth-order valence-corrected chi connectivity index (χ4v) is 4.28. The summed E-state index contributed by atoms with van der Waals surface area (Å²) in [6.45, 7) is 5.55. The lowest BCUT2D eigenvalue weighted by Crippen LogP contribution is -2.46. The zero-order valence-corrected chi connectivity index (χ0v) is 16.7. The molecule has 2 heterocycles. The molecule has 0 saturated carbocycles. The number of hydrogen-bond acceptors (Lipinski definition) is 6. The number of nitrogens with one attached hydrogen (secondary N) is 2. The van der Waals surface area contributed by atoms with Gasteiger partial charge in [0, 0.05) is 22.5 Å².